The Morgan fingerprint density at radius 1 is 1.22 bits per heavy atom. The van der Waals surface area contributed by atoms with Crippen LogP contribution in [0.25, 0.3) is 10.9 Å². The van der Waals surface area contributed by atoms with Crippen LogP contribution in [-0.4, -0.2) is 21.6 Å². The lowest BCUT2D eigenvalue weighted by Crippen LogP contribution is -2.62. The van der Waals surface area contributed by atoms with Crippen molar-refractivity contribution in [1.29, 1.82) is 0 Å². The van der Waals surface area contributed by atoms with Crippen LogP contribution >= 0.6 is 0 Å². The number of alkyl halides is 2. The number of hydrogen-bond donors (Lipinski definition) is 1. The van der Waals surface area contributed by atoms with E-state index in [1.165, 1.54) is 19.2 Å². The SMILES string of the molecule is COc1c(=O)n(C23CC(C2)C3)cc2c(N[C@H](C)c3cccc(C(F)F)c3F)nc(C)nc12. The highest BCUT2D eigenvalue weighted by Crippen LogP contribution is 2.62. The topological polar surface area (TPSA) is 69.0 Å². The van der Waals surface area contributed by atoms with Gasteiger partial charge in [-0.25, -0.2) is 23.1 Å². The number of rotatable bonds is 6. The molecule has 3 aromatic rings. The summed E-state index contributed by atoms with van der Waals surface area (Å²) in [5, 5.41) is 3.70. The third-order valence-electron chi connectivity index (χ3n) is 6.78. The summed E-state index contributed by atoms with van der Waals surface area (Å²) in [6, 6.07) is 3.29. The van der Waals surface area contributed by atoms with Gasteiger partial charge in [0, 0.05) is 17.3 Å². The van der Waals surface area contributed by atoms with Gasteiger partial charge < -0.3 is 14.6 Å². The Labute approximate surface area is 182 Å². The number of fused-ring (bicyclic) bond motifs is 1. The molecule has 9 heteroatoms. The number of methoxy groups -OCH3 is 1. The second kappa shape index (κ2) is 7.21. The highest BCUT2D eigenvalue weighted by atomic mass is 19.3. The number of nitrogens with zero attached hydrogens (tertiary/aromatic N) is 3. The minimum Gasteiger partial charge on any atom is -0.490 e. The summed E-state index contributed by atoms with van der Waals surface area (Å²) in [5.74, 6) is 0.649. The van der Waals surface area contributed by atoms with Crippen LogP contribution in [0.1, 0.15) is 55.6 Å². The number of aryl methyl sites for hydroxylation is 1. The molecule has 1 N–H and O–H groups in total. The first kappa shape index (κ1) is 20.8. The molecule has 2 bridgehead atoms. The van der Waals surface area contributed by atoms with Crippen LogP contribution in [-0.2, 0) is 5.54 Å². The maximum atomic E-state index is 14.7. The zero-order chi connectivity index (χ0) is 22.8. The molecule has 6 rings (SSSR count). The second-order valence-corrected chi connectivity index (χ2v) is 8.84. The maximum absolute atomic E-state index is 14.7. The molecule has 3 aliphatic carbocycles. The standard InChI is InChI=1S/C23H23F3N4O2/c1-11(14-5-4-6-15(17(14)24)20(25)26)27-21-16-10-30(23-7-13(8-23)9-23)22(31)19(32-3)18(16)28-12(2)29-21/h4-6,10-11,13,20H,7-9H2,1-3H3,(H,27,28,29)/t11-,13?,23?/m1/s1. The number of nitrogens with one attached hydrogen (secondary N) is 1. The monoisotopic (exact) mass is 444 g/mol. The Hall–Kier alpha value is -3.10. The van der Waals surface area contributed by atoms with Crippen molar-refractivity contribution in [3.8, 4) is 5.75 Å². The number of hydrogen-bond acceptors (Lipinski definition) is 5. The van der Waals surface area contributed by atoms with E-state index >= 15 is 0 Å². The summed E-state index contributed by atoms with van der Waals surface area (Å²) < 4.78 is 48.2. The number of benzene rings is 1. The summed E-state index contributed by atoms with van der Waals surface area (Å²) in [6.07, 6.45) is 1.71. The van der Waals surface area contributed by atoms with Crippen molar-refractivity contribution in [2.24, 2.45) is 5.92 Å². The molecule has 0 aliphatic heterocycles. The first-order valence-corrected chi connectivity index (χ1v) is 10.6. The molecule has 0 unspecified atom stereocenters. The van der Waals surface area contributed by atoms with Crippen molar-refractivity contribution in [3.63, 3.8) is 0 Å². The van der Waals surface area contributed by atoms with Gasteiger partial charge in [0.05, 0.1) is 24.1 Å². The van der Waals surface area contributed by atoms with Crippen molar-refractivity contribution in [2.75, 3.05) is 12.4 Å². The van der Waals surface area contributed by atoms with Gasteiger partial charge in [-0.15, -0.1) is 0 Å². The van der Waals surface area contributed by atoms with E-state index in [9.17, 15) is 18.0 Å². The van der Waals surface area contributed by atoms with E-state index in [0.29, 0.717) is 28.5 Å². The summed E-state index contributed by atoms with van der Waals surface area (Å²) in [5.41, 5.74) is -0.587. The van der Waals surface area contributed by atoms with Gasteiger partial charge in [0.25, 0.3) is 12.0 Å². The highest BCUT2D eigenvalue weighted by molar-refractivity contribution is 5.92. The molecule has 0 amide bonds. The summed E-state index contributed by atoms with van der Waals surface area (Å²) in [4.78, 5) is 22.0. The molecule has 32 heavy (non-hydrogen) atoms. The van der Waals surface area contributed by atoms with E-state index in [0.717, 1.165) is 25.3 Å². The van der Waals surface area contributed by atoms with E-state index in [1.54, 1.807) is 24.6 Å². The smallest absolute Gasteiger partial charge is 0.295 e. The minimum absolute atomic E-state index is 0.104. The molecule has 3 aliphatic rings. The number of anilines is 1. The Morgan fingerprint density at radius 3 is 2.50 bits per heavy atom. The lowest BCUT2D eigenvalue weighted by molar-refractivity contribution is -0.0914. The Bertz CT molecular complexity index is 1270. The van der Waals surface area contributed by atoms with Crippen molar-refractivity contribution in [3.05, 3.63) is 57.5 Å². The first-order valence-electron chi connectivity index (χ1n) is 10.6. The molecule has 3 fully saturated rings. The third kappa shape index (κ3) is 2.97. The first-order chi connectivity index (χ1) is 15.2. The molecular weight excluding hydrogens is 421 g/mol. The van der Waals surface area contributed by atoms with E-state index in [1.807, 2.05) is 0 Å². The third-order valence-corrected chi connectivity index (χ3v) is 6.78. The van der Waals surface area contributed by atoms with Crippen LogP contribution < -0.4 is 15.6 Å². The molecule has 0 radical (unpaired) electrons. The van der Waals surface area contributed by atoms with Crippen molar-refractivity contribution in [2.45, 2.75) is 51.1 Å². The number of aromatic nitrogens is 3. The van der Waals surface area contributed by atoms with Crippen molar-refractivity contribution in [1.82, 2.24) is 14.5 Å². The average Bonchev–Trinajstić information content (AvgIpc) is 2.66. The van der Waals surface area contributed by atoms with Crippen LogP contribution in [0.5, 0.6) is 5.75 Å². The molecule has 1 aromatic carbocycles. The molecule has 2 heterocycles. The van der Waals surface area contributed by atoms with Crippen LogP contribution in [0.2, 0.25) is 0 Å². The zero-order valence-corrected chi connectivity index (χ0v) is 18.0. The quantitative estimate of drug-likeness (QED) is 0.588. The number of halogens is 3. The minimum atomic E-state index is -2.91. The molecule has 3 saturated carbocycles. The van der Waals surface area contributed by atoms with Crippen molar-refractivity contribution >= 4 is 16.7 Å². The van der Waals surface area contributed by atoms with E-state index < -0.39 is 23.8 Å². The summed E-state index contributed by atoms with van der Waals surface area (Å²) in [7, 11) is 1.43. The van der Waals surface area contributed by atoms with E-state index in [-0.39, 0.29) is 22.4 Å². The second-order valence-electron chi connectivity index (χ2n) is 8.84. The largest absolute Gasteiger partial charge is 0.490 e. The molecule has 1 atom stereocenters. The zero-order valence-electron chi connectivity index (χ0n) is 18.0. The Balaban J connectivity index is 1.62. The van der Waals surface area contributed by atoms with Gasteiger partial charge in [-0.1, -0.05) is 18.2 Å². The van der Waals surface area contributed by atoms with Crippen LogP contribution in [0.3, 0.4) is 0 Å². The fourth-order valence-electron chi connectivity index (χ4n) is 5.00. The molecule has 6 nitrogen and oxygen atoms in total. The van der Waals surface area contributed by atoms with Gasteiger partial charge in [-0.3, -0.25) is 4.79 Å². The fourth-order valence-corrected chi connectivity index (χ4v) is 5.00. The number of ether oxygens (including phenoxy) is 1. The van der Waals surface area contributed by atoms with Crippen LogP contribution in [0.4, 0.5) is 19.0 Å². The Kier molecular flexibility index (Phi) is 4.69. The number of pyridine rings is 1. The predicted octanol–water partition coefficient (Wildman–Crippen LogP) is 4.87. The molecule has 168 valence electrons. The molecule has 2 aromatic heterocycles. The maximum Gasteiger partial charge on any atom is 0.295 e. The molecular formula is C23H23F3N4O2. The lowest BCUT2D eigenvalue weighted by atomic mass is 9.49. The fraction of sp³-hybridized carbons (Fsp3) is 0.435. The van der Waals surface area contributed by atoms with E-state index in [2.05, 4.69) is 15.3 Å². The van der Waals surface area contributed by atoms with Gasteiger partial charge >= 0.3 is 0 Å². The summed E-state index contributed by atoms with van der Waals surface area (Å²) >= 11 is 0. The summed E-state index contributed by atoms with van der Waals surface area (Å²) in [6.45, 7) is 3.35. The van der Waals surface area contributed by atoms with Crippen molar-refractivity contribution < 1.29 is 17.9 Å². The Morgan fingerprint density at radius 2 is 1.91 bits per heavy atom. The predicted molar refractivity (Wildman–Crippen MR) is 114 cm³/mol. The highest BCUT2D eigenvalue weighted by Gasteiger charge is 2.58. The van der Waals surface area contributed by atoms with Gasteiger partial charge in [0.1, 0.15) is 23.0 Å². The van der Waals surface area contributed by atoms with Crippen LogP contribution in [0, 0.1) is 18.7 Å². The van der Waals surface area contributed by atoms with Crippen LogP contribution in [0.15, 0.2) is 29.2 Å². The van der Waals surface area contributed by atoms with Gasteiger partial charge in [-0.05, 0) is 39.0 Å². The van der Waals surface area contributed by atoms with Gasteiger partial charge in [0.2, 0.25) is 5.75 Å². The van der Waals surface area contributed by atoms with E-state index in [4.69, 9.17) is 4.74 Å². The van der Waals surface area contributed by atoms with Gasteiger partial charge in [0.15, 0.2) is 0 Å². The molecule has 0 saturated heterocycles. The lowest BCUT2D eigenvalue weighted by Gasteiger charge is -2.62. The van der Waals surface area contributed by atoms with Gasteiger partial charge in [-0.2, -0.15) is 0 Å². The normalized spacial score (nSPS) is 22.4. The average molecular weight is 444 g/mol. The molecule has 0 spiro atoms.